The molecule has 96 valence electrons. The van der Waals surface area contributed by atoms with Gasteiger partial charge in [-0.25, -0.2) is 4.79 Å². The molecule has 18 heavy (non-hydrogen) atoms. The third-order valence-electron chi connectivity index (χ3n) is 2.99. The smallest absolute Gasteiger partial charge is 0.407 e. The van der Waals surface area contributed by atoms with E-state index in [1.54, 1.807) is 13.2 Å². The molecular formula is C13H14ClNO3. The van der Waals surface area contributed by atoms with Crippen molar-refractivity contribution in [2.45, 2.75) is 6.42 Å². The Labute approximate surface area is 110 Å². The van der Waals surface area contributed by atoms with Crippen LogP contribution >= 0.6 is 11.6 Å². The Morgan fingerprint density at radius 1 is 1.50 bits per heavy atom. The van der Waals surface area contributed by atoms with Crippen LogP contribution in [0.25, 0.3) is 5.57 Å². The van der Waals surface area contributed by atoms with Gasteiger partial charge in [0.2, 0.25) is 0 Å². The van der Waals surface area contributed by atoms with Crippen molar-refractivity contribution in [1.82, 2.24) is 4.90 Å². The Balaban J connectivity index is 2.27. The Morgan fingerprint density at radius 2 is 2.28 bits per heavy atom. The van der Waals surface area contributed by atoms with Crippen LogP contribution in [0.4, 0.5) is 4.79 Å². The van der Waals surface area contributed by atoms with Crippen LogP contribution < -0.4 is 4.74 Å². The van der Waals surface area contributed by atoms with E-state index in [-0.39, 0.29) is 0 Å². The summed E-state index contributed by atoms with van der Waals surface area (Å²) in [5.74, 6) is 0.759. The Bertz CT molecular complexity index is 499. The number of rotatable bonds is 2. The number of carboxylic acid groups (broad SMARTS) is 1. The van der Waals surface area contributed by atoms with Gasteiger partial charge >= 0.3 is 6.09 Å². The highest BCUT2D eigenvalue weighted by Crippen LogP contribution is 2.32. The molecule has 0 saturated carbocycles. The predicted octanol–water partition coefficient (Wildman–Crippen LogP) is 3.12. The average molecular weight is 268 g/mol. The van der Waals surface area contributed by atoms with E-state index in [1.165, 1.54) is 4.90 Å². The first-order valence-corrected chi connectivity index (χ1v) is 6.00. The molecule has 1 aliphatic rings. The lowest BCUT2D eigenvalue weighted by molar-refractivity contribution is 0.150. The van der Waals surface area contributed by atoms with Crippen LogP contribution in [0.1, 0.15) is 12.0 Å². The van der Waals surface area contributed by atoms with E-state index in [9.17, 15) is 4.79 Å². The lowest BCUT2D eigenvalue weighted by Gasteiger charge is -2.24. The van der Waals surface area contributed by atoms with Crippen molar-refractivity contribution in [3.63, 3.8) is 0 Å². The zero-order chi connectivity index (χ0) is 13.1. The van der Waals surface area contributed by atoms with E-state index in [1.807, 2.05) is 18.2 Å². The summed E-state index contributed by atoms with van der Waals surface area (Å²) in [7, 11) is 1.61. The first-order valence-electron chi connectivity index (χ1n) is 5.62. The molecule has 0 aromatic heterocycles. The summed E-state index contributed by atoms with van der Waals surface area (Å²) in [5, 5.41) is 9.54. The van der Waals surface area contributed by atoms with Gasteiger partial charge in [0.25, 0.3) is 0 Å². The van der Waals surface area contributed by atoms with Gasteiger partial charge in [0.1, 0.15) is 5.75 Å². The highest BCUT2D eigenvalue weighted by molar-refractivity contribution is 6.30. The first kappa shape index (κ1) is 12.8. The molecule has 0 spiro atoms. The number of ether oxygens (including phenoxy) is 1. The molecule has 0 saturated heterocycles. The van der Waals surface area contributed by atoms with Crippen LogP contribution in [0.5, 0.6) is 5.75 Å². The number of amides is 1. The molecule has 1 heterocycles. The first-order chi connectivity index (χ1) is 8.61. The van der Waals surface area contributed by atoms with Crippen molar-refractivity contribution in [2.24, 2.45) is 0 Å². The molecule has 1 aromatic rings. The highest BCUT2D eigenvalue weighted by atomic mass is 35.5. The molecule has 2 rings (SSSR count). The summed E-state index contributed by atoms with van der Waals surface area (Å²) in [4.78, 5) is 12.2. The summed E-state index contributed by atoms with van der Waals surface area (Å²) in [5.41, 5.74) is 2.02. The summed E-state index contributed by atoms with van der Waals surface area (Å²) >= 11 is 5.98. The minimum atomic E-state index is -0.886. The number of carbonyl (C=O) groups is 1. The zero-order valence-corrected chi connectivity index (χ0v) is 10.8. The normalized spacial score (nSPS) is 15.2. The van der Waals surface area contributed by atoms with Gasteiger partial charge in [0.15, 0.2) is 0 Å². The summed E-state index contributed by atoms with van der Waals surface area (Å²) in [6, 6.07) is 5.45. The molecule has 0 unspecified atom stereocenters. The highest BCUT2D eigenvalue weighted by Gasteiger charge is 2.18. The fraction of sp³-hybridized carbons (Fsp3) is 0.308. The summed E-state index contributed by atoms with van der Waals surface area (Å²) < 4.78 is 5.30. The minimum Gasteiger partial charge on any atom is -0.496 e. The number of nitrogens with zero attached hydrogens (tertiary/aromatic N) is 1. The SMILES string of the molecule is COc1ccc(Cl)cc1C1=CCN(C(=O)O)CC1. The molecule has 0 radical (unpaired) electrons. The van der Waals surface area contributed by atoms with Crippen molar-refractivity contribution in [3.8, 4) is 5.75 Å². The van der Waals surface area contributed by atoms with Crippen LogP contribution in [-0.2, 0) is 0 Å². The number of hydrogen-bond acceptors (Lipinski definition) is 2. The molecule has 0 aliphatic carbocycles. The summed E-state index contributed by atoms with van der Waals surface area (Å²) in [6.07, 6.45) is 1.69. The van der Waals surface area contributed by atoms with Crippen LogP contribution in [0.2, 0.25) is 5.02 Å². The van der Waals surface area contributed by atoms with Gasteiger partial charge in [-0.2, -0.15) is 0 Å². The van der Waals surface area contributed by atoms with Gasteiger partial charge in [-0.1, -0.05) is 17.7 Å². The molecule has 5 heteroatoms. The monoisotopic (exact) mass is 267 g/mol. The van der Waals surface area contributed by atoms with Gasteiger partial charge in [0, 0.05) is 23.7 Å². The van der Waals surface area contributed by atoms with Crippen molar-refractivity contribution >= 4 is 23.3 Å². The molecule has 4 nitrogen and oxygen atoms in total. The molecule has 0 fully saturated rings. The van der Waals surface area contributed by atoms with E-state index < -0.39 is 6.09 Å². The number of hydrogen-bond donors (Lipinski definition) is 1. The second-order valence-electron chi connectivity index (χ2n) is 4.05. The van der Waals surface area contributed by atoms with Gasteiger partial charge in [-0.15, -0.1) is 0 Å². The number of benzene rings is 1. The topological polar surface area (TPSA) is 49.8 Å². The Morgan fingerprint density at radius 3 is 2.83 bits per heavy atom. The van der Waals surface area contributed by atoms with E-state index in [4.69, 9.17) is 21.4 Å². The fourth-order valence-electron chi connectivity index (χ4n) is 2.02. The van der Waals surface area contributed by atoms with E-state index in [0.29, 0.717) is 24.5 Å². The molecule has 0 bridgehead atoms. The standard InChI is InChI=1S/C13H14ClNO3/c1-18-12-3-2-10(14)8-11(12)9-4-6-15(7-5-9)13(16)17/h2-4,8H,5-7H2,1H3,(H,16,17). The van der Waals surface area contributed by atoms with E-state index >= 15 is 0 Å². The second-order valence-corrected chi connectivity index (χ2v) is 4.49. The third-order valence-corrected chi connectivity index (χ3v) is 3.22. The van der Waals surface area contributed by atoms with Crippen LogP contribution in [0, 0.1) is 0 Å². The van der Waals surface area contributed by atoms with Crippen LogP contribution in [0.15, 0.2) is 24.3 Å². The Hall–Kier alpha value is -1.68. The summed E-state index contributed by atoms with van der Waals surface area (Å²) in [6.45, 7) is 0.900. The lowest BCUT2D eigenvalue weighted by atomic mass is 9.99. The fourth-order valence-corrected chi connectivity index (χ4v) is 2.19. The van der Waals surface area contributed by atoms with Crippen molar-refractivity contribution in [2.75, 3.05) is 20.2 Å². The maximum Gasteiger partial charge on any atom is 0.407 e. The zero-order valence-electron chi connectivity index (χ0n) is 10.0. The van der Waals surface area contributed by atoms with Crippen molar-refractivity contribution in [3.05, 3.63) is 34.9 Å². The minimum absolute atomic E-state index is 0.403. The third kappa shape index (κ3) is 2.59. The van der Waals surface area contributed by atoms with Gasteiger partial charge in [-0.3, -0.25) is 0 Å². The molecule has 1 amide bonds. The quantitative estimate of drug-likeness (QED) is 0.896. The van der Waals surface area contributed by atoms with Crippen molar-refractivity contribution < 1.29 is 14.6 Å². The molecular weight excluding hydrogens is 254 g/mol. The van der Waals surface area contributed by atoms with Crippen LogP contribution in [-0.4, -0.2) is 36.3 Å². The largest absolute Gasteiger partial charge is 0.496 e. The molecule has 1 aromatic carbocycles. The lowest BCUT2D eigenvalue weighted by Crippen LogP contribution is -2.33. The number of methoxy groups -OCH3 is 1. The number of halogens is 1. The van der Waals surface area contributed by atoms with Gasteiger partial charge < -0.3 is 14.7 Å². The molecule has 1 aliphatic heterocycles. The maximum atomic E-state index is 10.8. The van der Waals surface area contributed by atoms with Gasteiger partial charge in [0.05, 0.1) is 7.11 Å². The van der Waals surface area contributed by atoms with E-state index in [2.05, 4.69) is 0 Å². The maximum absolute atomic E-state index is 10.8. The molecule has 0 atom stereocenters. The second kappa shape index (κ2) is 5.31. The van der Waals surface area contributed by atoms with E-state index in [0.717, 1.165) is 16.9 Å². The average Bonchev–Trinajstić information content (AvgIpc) is 2.39. The Kier molecular flexibility index (Phi) is 3.77. The molecule has 1 N–H and O–H groups in total. The van der Waals surface area contributed by atoms with Gasteiger partial charge in [-0.05, 0) is 30.2 Å². The van der Waals surface area contributed by atoms with Crippen molar-refractivity contribution in [1.29, 1.82) is 0 Å². The predicted molar refractivity (Wildman–Crippen MR) is 70.2 cm³/mol. The van der Waals surface area contributed by atoms with Crippen LogP contribution in [0.3, 0.4) is 0 Å².